The Labute approximate surface area is 122 Å². The van der Waals surface area contributed by atoms with E-state index in [1.54, 1.807) is 4.90 Å². The molecule has 1 aromatic carbocycles. The first-order valence-corrected chi connectivity index (χ1v) is 8.72. The number of benzene rings is 1. The van der Waals surface area contributed by atoms with Crippen LogP contribution in [0.15, 0.2) is 24.3 Å². The van der Waals surface area contributed by atoms with Crippen molar-refractivity contribution in [3.05, 3.63) is 30.0 Å². The van der Waals surface area contributed by atoms with Gasteiger partial charge in [-0.2, -0.15) is 5.10 Å². The minimum Gasteiger partial charge on any atom is -0.336 e. The standard InChI is InChI=1S/C14H15N3O3S/c18-14(13-10-3-1-2-4-11(10)15-16-13)17-7-9-5-6-21(19,20)12(9)8-17/h1-4,9,12H,5-8H2,(H,15,16)/t9-,12+/m0/s1. The molecule has 6 nitrogen and oxygen atoms in total. The molecule has 1 aromatic heterocycles. The van der Waals surface area contributed by atoms with Gasteiger partial charge in [0.2, 0.25) is 0 Å². The van der Waals surface area contributed by atoms with Crippen molar-refractivity contribution in [2.45, 2.75) is 11.7 Å². The molecule has 0 radical (unpaired) electrons. The fraction of sp³-hybridized carbons (Fsp3) is 0.429. The molecule has 7 heteroatoms. The molecule has 0 spiro atoms. The summed E-state index contributed by atoms with van der Waals surface area (Å²) in [7, 11) is -3.02. The molecule has 2 atom stereocenters. The number of rotatable bonds is 1. The summed E-state index contributed by atoms with van der Waals surface area (Å²) in [5, 5.41) is 7.35. The third kappa shape index (κ3) is 1.87. The van der Waals surface area contributed by atoms with E-state index in [9.17, 15) is 13.2 Å². The molecule has 0 bridgehead atoms. The Bertz CT molecular complexity index is 827. The smallest absolute Gasteiger partial charge is 0.275 e. The second-order valence-corrected chi connectivity index (χ2v) is 8.12. The number of carbonyl (C=O) groups is 1. The molecule has 2 aromatic rings. The number of fused-ring (bicyclic) bond motifs is 2. The molecule has 0 saturated carbocycles. The largest absolute Gasteiger partial charge is 0.336 e. The molecule has 1 N–H and O–H groups in total. The molecule has 4 rings (SSSR count). The van der Waals surface area contributed by atoms with Crippen molar-refractivity contribution in [1.29, 1.82) is 0 Å². The number of carbonyl (C=O) groups excluding carboxylic acids is 1. The van der Waals surface area contributed by atoms with E-state index in [-0.39, 0.29) is 22.8 Å². The van der Waals surface area contributed by atoms with Crippen LogP contribution in [0.3, 0.4) is 0 Å². The van der Waals surface area contributed by atoms with Gasteiger partial charge in [0.15, 0.2) is 15.5 Å². The molecule has 2 aliphatic rings. The van der Waals surface area contributed by atoms with Crippen LogP contribution >= 0.6 is 0 Å². The quantitative estimate of drug-likeness (QED) is 0.845. The number of nitrogens with zero attached hydrogens (tertiary/aromatic N) is 2. The van der Waals surface area contributed by atoms with Crippen LogP contribution in [-0.4, -0.2) is 53.5 Å². The lowest BCUT2D eigenvalue weighted by Gasteiger charge is -2.15. The highest BCUT2D eigenvalue weighted by molar-refractivity contribution is 7.92. The summed E-state index contributed by atoms with van der Waals surface area (Å²) in [6, 6.07) is 7.45. The van der Waals surface area contributed by atoms with Crippen LogP contribution in [0.5, 0.6) is 0 Å². The molecule has 0 unspecified atom stereocenters. The second kappa shape index (κ2) is 4.30. The first-order chi connectivity index (χ1) is 10.1. The van der Waals surface area contributed by atoms with E-state index in [2.05, 4.69) is 10.2 Å². The molecule has 2 saturated heterocycles. The normalized spacial score (nSPS) is 27.1. The number of nitrogens with one attached hydrogen (secondary N) is 1. The summed E-state index contributed by atoms with van der Waals surface area (Å²) in [5.41, 5.74) is 1.19. The van der Waals surface area contributed by atoms with Gasteiger partial charge in [-0.1, -0.05) is 18.2 Å². The third-order valence-electron chi connectivity index (χ3n) is 4.58. The van der Waals surface area contributed by atoms with E-state index < -0.39 is 9.84 Å². The number of hydrogen-bond acceptors (Lipinski definition) is 4. The van der Waals surface area contributed by atoms with Gasteiger partial charge in [0.05, 0.1) is 16.5 Å². The SMILES string of the molecule is O=C(c1n[nH]c2ccccc12)N1C[C@@H]2CCS(=O)(=O)[C@@H]2C1. The van der Waals surface area contributed by atoms with E-state index in [4.69, 9.17) is 0 Å². The lowest BCUT2D eigenvalue weighted by Crippen LogP contribution is -2.32. The molecule has 0 aliphatic carbocycles. The number of para-hydroxylation sites is 1. The molecular formula is C14H15N3O3S. The van der Waals surface area contributed by atoms with Crippen molar-refractivity contribution < 1.29 is 13.2 Å². The van der Waals surface area contributed by atoms with Gasteiger partial charge >= 0.3 is 0 Å². The monoisotopic (exact) mass is 305 g/mol. The maximum absolute atomic E-state index is 12.6. The van der Waals surface area contributed by atoms with Crippen molar-refractivity contribution >= 4 is 26.6 Å². The third-order valence-corrected chi connectivity index (χ3v) is 6.84. The zero-order chi connectivity index (χ0) is 14.6. The first-order valence-electron chi connectivity index (χ1n) is 7.00. The first kappa shape index (κ1) is 12.8. The highest BCUT2D eigenvalue weighted by Gasteiger charge is 2.47. The van der Waals surface area contributed by atoms with Gasteiger partial charge in [-0.15, -0.1) is 0 Å². The highest BCUT2D eigenvalue weighted by Crippen LogP contribution is 2.34. The Hall–Kier alpha value is -1.89. The average molecular weight is 305 g/mol. The van der Waals surface area contributed by atoms with E-state index in [1.807, 2.05) is 24.3 Å². The molecule has 2 fully saturated rings. The fourth-order valence-corrected chi connectivity index (χ4v) is 5.58. The molecule has 110 valence electrons. The summed E-state index contributed by atoms with van der Waals surface area (Å²) in [6.07, 6.45) is 0.665. The number of aromatic amines is 1. The van der Waals surface area contributed by atoms with Gasteiger partial charge in [0.1, 0.15) is 0 Å². The van der Waals surface area contributed by atoms with Crippen LogP contribution in [0.1, 0.15) is 16.9 Å². The second-order valence-electron chi connectivity index (χ2n) is 5.78. The summed E-state index contributed by atoms with van der Waals surface area (Å²) < 4.78 is 23.9. The predicted octanol–water partition coefficient (Wildman–Crippen LogP) is 0.822. The minimum atomic E-state index is -3.02. The van der Waals surface area contributed by atoms with Gasteiger partial charge in [-0.3, -0.25) is 9.89 Å². The zero-order valence-corrected chi connectivity index (χ0v) is 12.1. The summed E-state index contributed by atoms with van der Waals surface area (Å²) >= 11 is 0. The molecule has 3 heterocycles. The van der Waals surface area contributed by atoms with E-state index in [0.29, 0.717) is 25.2 Å². The van der Waals surface area contributed by atoms with Crippen LogP contribution in [0.4, 0.5) is 0 Å². The Kier molecular flexibility index (Phi) is 2.63. The van der Waals surface area contributed by atoms with Crippen LogP contribution < -0.4 is 0 Å². The topological polar surface area (TPSA) is 83.1 Å². The summed E-state index contributed by atoms with van der Waals surface area (Å²) in [6.45, 7) is 0.816. The fourth-order valence-electron chi connectivity index (χ4n) is 3.43. The van der Waals surface area contributed by atoms with Gasteiger partial charge in [0, 0.05) is 18.5 Å². The van der Waals surface area contributed by atoms with Crippen LogP contribution in [-0.2, 0) is 9.84 Å². The number of H-pyrrole nitrogens is 1. The average Bonchev–Trinajstić information content (AvgIpc) is 3.14. The van der Waals surface area contributed by atoms with Crippen molar-refractivity contribution in [2.24, 2.45) is 5.92 Å². The number of hydrogen-bond donors (Lipinski definition) is 1. The maximum atomic E-state index is 12.6. The Morgan fingerprint density at radius 3 is 2.90 bits per heavy atom. The number of sulfone groups is 1. The lowest BCUT2D eigenvalue weighted by molar-refractivity contribution is 0.0782. The van der Waals surface area contributed by atoms with E-state index in [0.717, 1.165) is 10.9 Å². The maximum Gasteiger partial charge on any atom is 0.275 e. The van der Waals surface area contributed by atoms with Crippen LogP contribution in [0.2, 0.25) is 0 Å². The van der Waals surface area contributed by atoms with Gasteiger partial charge in [-0.05, 0) is 18.4 Å². The van der Waals surface area contributed by atoms with Crippen molar-refractivity contribution in [2.75, 3.05) is 18.8 Å². The van der Waals surface area contributed by atoms with Gasteiger partial charge in [-0.25, -0.2) is 8.42 Å². The van der Waals surface area contributed by atoms with Gasteiger partial charge in [0.25, 0.3) is 5.91 Å². The minimum absolute atomic E-state index is 0.0872. The number of aromatic nitrogens is 2. The van der Waals surface area contributed by atoms with Crippen LogP contribution in [0.25, 0.3) is 10.9 Å². The highest BCUT2D eigenvalue weighted by atomic mass is 32.2. The number of amides is 1. The van der Waals surface area contributed by atoms with E-state index >= 15 is 0 Å². The van der Waals surface area contributed by atoms with Crippen molar-refractivity contribution in [3.63, 3.8) is 0 Å². The van der Waals surface area contributed by atoms with Crippen LogP contribution in [0, 0.1) is 5.92 Å². The molecule has 1 amide bonds. The molecule has 2 aliphatic heterocycles. The van der Waals surface area contributed by atoms with Crippen molar-refractivity contribution in [3.8, 4) is 0 Å². The van der Waals surface area contributed by atoms with E-state index in [1.165, 1.54) is 0 Å². The Balaban J connectivity index is 1.65. The predicted molar refractivity (Wildman–Crippen MR) is 77.7 cm³/mol. The molecule has 21 heavy (non-hydrogen) atoms. The Morgan fingerprint density at radius 2 is 2.10 bits per heavy atom. The lowest BCUT2D eigenvalue weighted by atomic mass is 10.1. The van der Waals surface area contributed by atoms with Gasteiger partial charge < -0.3 is 4.90 Å². The zero-order valence-electron chi connectivity index (χ0n) is 11.3. The number of likely N-dealkylation sites (tertiary alicyclic amines) is 1. The summed E-state index contributed by atoms with van der Waals surface area (Å²) in [4.78, 5) is 14.2. The molecular weight excluding hydrogens is 290 g/mol. The summed E-state index contributed by atoms with van der Waals surface area (Å²) in [5.74, 6) is 0.164. The Morgan fingerprint density at radius 1 is 1.29 bits per heavy atom. The van der Waals surface area contributed by atoms with Crippen molar-refractivity contribution in [1.82, 2.24) is 15.1 Å².